The van der Waals surface area contributed by atoms with E-state index < -0.39 is 0 Å². The number of carbonyl (C=O) groups excluding carboxylic acids is 1. The van der Waals surface area contributed by atoms with Crippen LogP contribution in [0.2, 0.25) is 0 Å². The maximum atomic E-state index is 11.8. The van der Waals surface area contributed by atoms with E-state index in [9.17, 15) is 4.79 Å². The molecule has 2 heterocycles. The van der Waals surface area contributed by atoms with Gasteiger partial charge in [-0.1, -0.05) is 12.1 Å². The van der Waals surface area contributed by atoms with Gasteiger partial charge in [0.1, 0.15) is 18.0 Å². The maximum Gasteiger partial charge on any atom is 0.409 e. The third-order valence-electron chi connectivity index (χ3n) is 4.07. The Balaban J connectivity index is 1.63. The molecule has 1 aliphatic rings. The lowest BCUT2D eigenvalue weighted by Gasteiger charge is -2.34. The van der Waals surface area contributed by atoms with E-state index in [1.807, 2.05) is 25.1 Å². The van der Waals surface area contributed by atoms with E-state index in [2.05, 4.69) is 39.2 Å². The van der Waals surface area contributed by atoms with Crippen LogP contribution in [0.1, 0.15) is 12.5 Å². The molecule has 7 heteroatoms. The number of ether oxygens (including phenoxy) is 1. The molecule has 0 atom stereocenters. The van der Waals surface area contributed by atoms with E-state index in [4.69, 9.17) is 4.74 Å². The van der Waals surface area contributed by atoms with Gasteiger partial charge in [0.2, 0.25) is 0 Å². The lowest BCUT2D eigenvalue weighted by molar-refractivity contribution is 0.105. The van der Waals surface area contributed by atoms with Crippen molar-refractivity contribution in [1.29, 1.82) is 0 Å². The molecule has 1 aliphatic heterocycles. The van der Waals surface area contributed by atoms with Gasteiger partial charge in [-0.3, -0.25) is 0 Å². The maximum absolute atomic E-state index is 11.8. The minimum absolute atomic E-state index is 0.244. The highest BCUT2D eigenvalue weighted by atomic mass is 16.6. The fourth-order valence-corrected chi connectivity index (χ4v) is 2.79. The molecule has 1 aromatic heterocycles. The Kier molecular flexibility index (Phi) is 5.33. The summed E-state index contributed by atoms with van der Waals surface area (Å²) in [6.45, 7) is 6.97. The van der Waals surface area contributed by atoms with Gasteiger partial charge in [0, 0.05) is 37.9 Å². The number of piperazine rings is 1. The molecule has 1 aromatic carbocycles. The van der Waals surface area contributed by atoms with Crippen molar-refractivity contribution in [3.63, 3.8) is 0 Å². The SMILES string of the molecule is CCOC(=O)N1CCN(c2cc(Nc3cccc(C)c3)ncn2)CC1. The monoisotopic (exact) mass is 341 g/mol. The zero-order chi connectivity index (χ0) is 17.6. The van der Waals surface area contributed by atoms with Crippen LogP contribution in [0.5, 0.6) is 0 Å². The topological polar surface area (TPSA) is 70.6 Å². The van der Waals surface area contributed by atoms with Crippen LogP contribution in [-0.2, 0) is 4.74 Å². The normalized spacial score (nSPS) is 14.3. The van der Waals surface area contributed by atoms with Crippen molar-refractivity contribution in [2.24, 2.45) is 0 Å². The summed E-state index contributed by atoms with van der Waals surface area (Å²) in [5, 5.41) is 3.31. The number of amides is 1. The molecule has 2 aromatic rings. The number of hydrogen-bond acceptors (Lipinski definition) is 6. The van der Waals surface area contributed by atoms with E-state index in [1.54, 1.807) is 11.2 Å². The number of aryl methyl sites for hydroxylation is 1. The highest BCUT2D eigenvalue weighted by Crippen LogP contribution is 2.20. The van der Waals surface area contributed by atoms with E-state index >= 15 is 0 Å². The molecule has 3 rings (SSSR count). The van der Waals surface area contributed by atoms with Gasteiger partial charge in [0.25, 0.3) is 0 Å². The van der Waals surface area contributed by atoms with Crippen molar-refractivity contribution in [2.45, 2.75) is 13.8 Å². The first kappa shape index (κ1) is 17.0. The summed E-state index contributed by atoms with van der Waals surface area (Å²) in [6.07, 6.45) is 1.32. The summed E-state index contributed by atoms with van der Waals surface area (Å²) in [4.78, 5) is 24.3. The lowest BCUT2D eigenvalue weighted by atomic mass is 10.2. The van der Waals surface area contributed by atoms with Crippen molar-refractivity contribution in [3.05, 3.63) is 42.2 Å². The van der Waals surface area contributed by atoms with Crippen LogP contribution in [0.3, 0.4) is 0 Å². The molecular weight excluding hydrogens is 318 g/mol. The van der Waals surface area contributed by atoms with Gasteiger partial charge in [-0.25, -0.2) is 14.8 Å². The summed E-state index contributed by atoms with van der Waals surface area (Å²) in [7, 11) is 0. The Morgan fingerprint density at radius 3 is 2.72 bits per heavy atom. The average Bonchev–Trinajstić information content (AvgIpc) is 2.62. The molecule has 1 N–H and O–H groups in total. The minimum Gasteiger partial charge on any atom is -0.450 e. The van der Waals surface area contributed by atoms with Gasteiger partial charge in [0.05, 0.1) is 6.61 Å². The molecule has 7 nitrogen and oxygen atoms in total. The lowest BCUT2D eigenvalue weighted by Crippen LogP contribution is -2.49. The zero-order valence-electron chi connectivity index (χ0n) is 14.6. The van der Waals surface area contributed by atoms with E-state index in [0.717, 1.165) is 30.4 Å². The minimum atomic E-state index is -0.244. The third kappa shape index (κ3) is 4.37. The number of nitrogens with one attached hydrogen (secondary N) is 1. The molecule has 1 amide bonds. The van der Waals surface area contributed by atoms with Gasteiger partial charge >= 0.3 is 6.09 Å². The van der Waals surface area contributed by atoms with Crippen LogP contribution in [0.15, 0.2) is 36.7 Å². The molecule has 0 aliphatic carbocycles. The molecular formula is C18H23N5O2. The second-order valence-electron chi connectivity index (χ2n) is 5.93. The van der Waals surface area contributed by atoms with E-state index in [1.165, 1.54) is 5.56 Å². The first-order chi connectivity index (χ1) is 12.2. The van der Waals surface area contributed by atoms with E-state index in [-0.39, 0.29) is 6.09 Å². The fraction of sp³-hybridized carbons (Fsp3) is 0.389. The van der Waals surface area contributed by atoms with Crippen LogP contribution in [0, 0.1) is 6.92 Å². The summed E-state index contributed by atoms with van der Waals surface area (Å²) in [6, 6.07) is 10.1. The standard InChI is InChI=1S/C18H23N5O2/c1-3-25-18(24)23-9-7-22(8-10-23)17-12-16(19-13-20-17)21-15-6-4-5-14(2)11-15/h4-6,11-13H,3,7-10H2,1-2H3,(H,19,20,21). The van der Waals surface area contributed by atoms with Crippen LogP contribution < -0.4 is 10.2 Å². The molecule has 0 bridgehead atoms. The van der Waals surface area contributed by atoms with Crippen LogP contribution in [-0.4, -0.2) is 53.7 Å². The number of hydrogen-bond donors (Lipinski definition) is 1. The Labute approximate surface area is 147 Å². The first-order valence-electron chi connectivity index (χ1n) is 8.48. The van der Waals surface area contributed by atoms with Gasteiger partial charge in [-0.15, -0.1) is 0 Å². The molecule has 0 radical (unpaired) electrons. The van der Waals surface area contributed by atoms with Crippen molar-refractivity contribution in [1.82, 2.24) is 14.9 Å². The molecule has 25 heavy (non-hydrogen) atoms. The number of rotatable bonds is 4. The fourth-order valence-electron chi connectivity index (χ4n) is 2.79. The smallest absolute Gasteiger partial charge is 0.409 e. The molecule has 0 saturated carbocycles. The largest absolute Gasteiger partial charge is 0.450 e. The van der Waals surface area contributed by atoms with Gasteiger partial charge < -0.3 is 19.9 Å². The summed E-state index contributed by atoms with van der Waals surface area (Å²) in [5.74, 6) is 1.61. The van der Waals surface area contributed by atoms with Crippen molar-refractivity contribution < 1.29 is 9.53 Å². The number of carbonyl (C=O) groups is 1. The molecule has 0 unspecified atom stereocenters. The van der Waals surface area contributed by atoms with Gasteiger partial charge in [-0.05, 0) is 31.5 Å². The highest BCUT2D eigenvalue weighted by Gasteiger charge is 2.22. The molecule has 132 valence electrons. The molecule has 1 saturated heterocycles. The highest BCUT2D eigenvalue weighted by molar-refractivity contribution is 5.68. The summed E-state index contributed by atoms with van der Waals surface area (Å²) in [5.41, 5.74) is 2.19. The van der Waals surface area contributed by atoms with Gasteiger partial charge in [0.15, 0.2) is 0 Å². The van der Waals surface area contributed by atoms with Crippen LogP contribution in [0.4, 0.5) is 22.1 Å². The quantitative estimate of drug-likeness (QED) is 0.922. The second kappa shape index (κ2) is 7.83. The first-order valence-corrected chi connectivity index (χ1v) is 8.48. The average molecular weight is 341 g/mol. The summed E-state index contributed by atoms with van der Waals surface area (Å²) < 4.78 is 5.05. The number of nitrogens with zero attached hydrogens (tertiary/aromatic N) is 4. The Hall–Kier alpha value is -2.83. The van der Waals surface area contributed by atoms with Crippen LogP contribution >= 0.6 is 0 Å². The predicted octanol–water partition coefficient (Wildman–Crippen LogP) is 2.81. The third-order valence-corrected chi connectivity index (χ3v) is 4.07. The van der Waals surface area contributed by atoms with Crippen molar-refractivity contribution in [3.8, 4) is 0 Å². The zero-order valence-corrected chi connectivity index (χ0v) is 14.6. The Bertz CT molecular complexity index is 729. The Morgan fingerprint density at radius 1 is 1.20 bits per heavy atom. The Morgan fingerprint density at radius 2 is 2.00 bits per heavy atom. The van der Waals surface area contributed by atoms with Crippen LogP contribution in [0.25, 0.3) is 0 Å². The number of benzene rings is 1. The number of anilines is 3. The second-order valence-corrected chi connectivity index (χ2v) is 5.93. The van der Waals surface area contributed by atoms with E-state index in [0.29, 0.717) is 19.7 Å². The molecule has 0 spiro atoms. The molecule has 1 fully saturated rings. The van der Waals surface area contributed by atoms with Gasteiger partial charge in [-0.2, -0.15) is 0 Å². The predicted molar refractivity (Wildman–Crippen MR) is 97.3 cm³/mol. The van der Waals surface area contributed by atoms with Crippen molar-refractivity contribution in [2.75, 3.05) is 43.0 Å². The summed E-state index contributed by atoms with van der Waals surface area (Å²) >= 11 is 0. The number of aromatic nitrogens is 2. The van der Waals surface area contributed by atoms with Crippen molar-refractivity contribution >= 4 is 23.4 Å².